The van der Waals surface area contributed by atoms with Crippen LogP contribution in [0.1, 0.15) is 59.9 Å². The molecule has 3 heteroatoms. The molecule has 1 aliphatic carbocycles. The van der Waals surface area contributed by atoms with Crippen molar-refractivity contribution in [2.75, 3.05) is 0 Å². The Balaban J connectivity index is 2.13. The first kappa shape index (κ1) is 18.8. The van der Waals surface area contributed by atoms with E-state index < -0.39 is 11.3 Å². The lowest BCUT2D eigenvalue weighted by Gasteiger charge is -2.41. The fourth-order valence-corrected chi connectivity index (χ4v) is 4.71. The SMILES string of the molecule is Cc1cc(C)c(C2C(=O)CC(C)(C)C(c3ccc(Cl)cc3)C2=O)c(C)c1. The van der Waals surface area contributed by atoms with Gasteiger partial charge in [-0.2, -0.15) is 0 Å². The van der Waals surface area contributed by atoms with Gasteiger partial charge in [0.25, 0.3) is 0 Å². The summed E-state index contributed by atoms with van der Waals surface area (Å²) in [4.78, 5) is 26.6. The van der Waals surface area contributed by atoms with Crippen LogP contribution in [0.3, 0.4) is 0 Å². The van der Waals surface area contributed by atoms with Gasteiger partial charge in [-0.05, 0) is 60.6 Å². The van der Waals surface area contributed by atoms with E-state index in [2.05, 4.69) is 12.1 Å². The first-order valence-electron chi connectivity index (χ1n) is 9.01. The Labute approximate surface area is 160 Å². The molecular formula is C23H25ClO2. The molecule has 2 atom stereocenters. The molecule has 2 nitrogen and oxygen atoms in total. The molecule has 0 heterocycles. The summed E-state index contributed by atoms with van der Waals surface area (Å²) in [6.45, 7) is 10.0. The minimum Gasteiger partial charge on any atom is -0.298 e. The maximum atomic E-state index is 13.6. The van der Waals surface area contributed by atoms with Gasteiger partial charge < -0.3 is 0 Å². The zero-order valence-electron chi connectivity index (χ0n) is 16.0. The highest BCUT2D eigenvalue weighted by atomic mass is 35.5. The normalized spacial score (nSPS) is 22.5. The van der Waals surface area contributed by atoms with Crippen molar-refractivity contribution in [2.45, 2.75) is 52.9 Å². The lowest BCUT2D eigenvalue weighted by molar-refractivity contribution is -0.137. The second-order valence-electron chi connectivity index (χ2n) is 8.26. The van der Waals surface area contributed by atoms with E-state index in [1.165, 1.54) is 0 Å². The topological polar surface area (TPSA) is 34.1 Å². The number of carbonyl (C=O) groups is 2. The van der Waals surface area contributed by atoms with Crippen molar-refractivity contribution in [3.63, 3.8) is 0 Å². The van der Waals surface area contributed by atoms with Gasteiger partial charge in [-0.15, -0.1) is 0 Å². The van der Waals surface area contributed by atoms with Crippen molar-refractivity contribution >= 4 is 23.2 Å². The lowest BCUT2D eigenvalue weighted by Crippen LogP contribution is -2.43. The van der Waals surface area contributed by atoms with E-state index in [0.717, 1.165) is 27.8 Å². The Bertz CT molecular complexity index is 855. The van der Waals surface area contributed by atoms with E-state index in [1.54, 1.807) is 0 Å². The third-order valence-electron chi connectivity index (χ3n) is 5.53. The largest absolute Gasteiger partial charge is 0.298 e. The quantitative estimate of drug-likeness (QED) is 0.637. The molecule has 1 fully saturated rings. The molecule has 2 unspecified atom stereocenters. The number of hydrogen-bond donors (Lipinski definition) is 0. The summed E-state index contributed by atoms with van der Waals surface area (Å²) in [7, 11) is 0. The first-order chi connectivity index (χ1) is 12.1. The highest BCUT2D eigenvalue weighted by Gasteiger charge is 2.49. The van der Waals surface area contributed by atoms with E-state index in [0.29, 0.717) is 11.4 Å². The lowest BCUT2D eigenvalue weighted by atomic mass is 9.60. The number of rotatable bonds is 2. The average Bonchev–Trinajstić information content (AvgIpc) is 2.50. The third-order valence-corrected chi connectivity index (χ3v) is 5.78. The average molecular weight is 369 g/mol. The van der Waals surface area contributed by atoms with E-state index in [-0.39, 0.29) is 17.5 Å². The smallest absolute Gasteiger partial charge is 0.155 e. The summed E-state index contributed by atoms with van der Waals surface area (Å²) in [6.07, 6.45) is 0.392. The molecule has 0 radical (unpaired) electrons. The van der Waals surface area contributed by atoms with Crippen molar-refractivity contribution < 1.29 is 9.59 Å². The maximum absolute atomic E-state index is 13.6. The Morgan fingerprint density at radius 3 is 2.04 bits per heavy atom. The van der Waals surface area contributed by atoms with Gasteiger partial charge in [0.2, 0.25) is 0 Å². The number of aryl methyl sites for hydroxylation is 3. The molecule has 0 aliphatic heterocycles. The van der Waals surface area contributed by atoms with Crippen molar-refractivity contribution in [3.8, 4) is 0 Å². The van der Waals surface area contributed by atoms with Crippen molar-refractivity contribution in [2.24, 2.45) is 5.41 Å². The molecular weight excluding hydrogens is 344 g/mol. The molecule has 0 saturated heterocycles. The summed E-state index contributed by atoms with van der Waals surface area (Å²) in [6, 6.07) is 11.6. The Morgan fingerprint density at radius 2 is 1.50 bits per heavy atom. The summed E-state index contributed by atoms with van der Waals surface area (Å²) < 4.78 is 0. The fourth-order valence-electron chi connectivity index (χ4n) is 4.58. The van der Waals surface area contributed by atoms with Gasteiger partial charge >= 0.3 is 0 Å². The van der Waals surface area contributed by atoms with Gasteiger partial charge in [-0.25, -0.2) is 0 Å². The van der Waals surface area contributed by atoms with E-state index in [9.17, 15) is 9.59 Å². The number of carbonyl (C=O) groups excluding carboxylic acids is 2. The second-order valence-corrected chi connectivity index (χ2v) is 8.70. The molecule has 0 N–H and O–H groups in total. The first-order valence-corrected chi connectivity index (χ1v) is 9.39. The van der Waals surface area contributed by atoms with Crippen LogP contribution >= 0.6 is 11.6 Å². The second kappa shape index (κ2) is 6.66. The van der Waals surface area contributed by atoms with Gasteiger partial charge in [0, 0.05) is 17.4 Å². The van der Waals surface area contributed by atoms with Crippen LogP contribution in [0.2, 0.25) is 5.02 Å². The van der Waals surface area contributed by atoms with E-state index in [4.69, 9.17) is 11.6 Å². The van der Waals surface area contributed by atoms with Crippen LogP contribution in [0.15, 0.2) is 36.4 Å². The Hall–Kier alpha value is -1.93. The standard InChI is InChI=1S/C23H25ClO2/c1-13-10-14(2)19(15(3)11-13)20-18(25)12-23(4,5)21(22(20)26)16-6-8-17(24)9-7-16/h6-11,20-21H,12H2,1-5H3. The van der Waals surface area contributed by atoms with Crippen LogP contribution < -0.4 is 0 Å². The molecule has 1 saturated carbocycles. The third kappa shape index (κ3) is 3.23. The molecule has 0 aromatic heterocycles. The van der Waals surface area contributed by atoms with E-state index in [1.807, 2.05) is 58.9 Å². The molecule has 136 valence electrons. The number of benzene rings is 2. The molecule has 1 aliphatic rings. The Kier molecular flexibility index (Phi) is 4.83. The van der Waals surface area contributed by atoms with Crippen LogP contribution in [-0.4, -0.2) is 11.6 Å². The Morgan fingerprint density at radius 1 is 0.962 bits per heavy atom. The molecule has 0 spiro atoms. The van der Waals surface area contributed by atoms with Gasteiger partial charge in [0.1, 0.15) is 11.7 Å². The van der Waals surface area contributed by atoms with E-state index >= 15 is 0 Å². The number of hydrogen-bond acceptors (Lipinski definition) is 2. The van der Waals surface area contributed by atoms with Gasteiger partial charge in [0.05, 0.1) is 0 Å². The molecule has 0 bridgehead atoms. The highest BCUT2D eigenvalue weighted by Crippen LogP contribution is 2.48. The zero-order chi connectivity index (χ0) is 19.2. The van der Waals surface area contributed by atoms with Gasteiger partial charge in [-0.3, -0.25) is 9.59 Å². The van der Waals surface area contributed by atoms with Crippen LogP contribution in [0.5, 0.6) is 0 Å². The van der Waals surface area contributed by atoms with Crippen molar-refractivity contribution in [1.29, 1.82) is 0 Å². The number of ketones is 2. The van der Waals surface area contributed by atoms with Crippen LogP contribution in [0.25, 0.3) is 0 Å². The molecule has 0 amide bonds. The monoisotopic (exact) mass is 368 g/mol. The summed E-state index contributed by atoms with van der Waals surface area (Å²) in [5.41, 5.74) is 4.59. The van der Waals surface area contributed by atoms with Crippen LogP contribution in [0.4, 0.5) is 0 Å². The molecule has 2 aromatic rings. The highest BCUT2D eigenvalue weighted by molar-refractivity contribution is 6.30. The minimum atomic E-state index is -0.677. The molecule has 3 rings (SSSR count). The van der Waals surface area contributed by atoms with Crippen LogP contribution in [-0.2, 0) is 9.59 Å². The number of halogens is 1. The predicted molar refractivity (Wildman–Crippen MR) is 106 cm³/mol. The van der Waals surface area contributed by atoms with Gasteiger partial charge in [-0.1, -0.05) is 55.3 Å². The number of Topliss-reactive ketones (excluding diaryl/α,β-unsaturated/α-hetero) is 2. The predicted octanol–water partition coefficient (Wildman–Crippen LogP) is 5.70. The fraction of sp³-hybridized carbons (Fsp3) is 0.391. The summed E-state index contributed by atoms with van der Waals surface area (Å²) in [5.74, 6) is -0.962. The molecule has 2 aromatic carbocycles. The summed E-state index contributed by atoms with van der Waals surface area (Å²) >= 11 is 6.02. The maximum Gasteiger partial charge on any atom is 0.155 e. The molecule has 26 heavy (non-hydrogen) atoms. The van der Waals surface area contributed by atoms with Crippen LogP contribution in [0, 0.1) is 26.2 Å². The zero-order valence-corrected chi connectivity index (χ0v) is 16.8. The minimum absolute atomic E-state index is 0.00336. The van der Waals surface area contributed by atoms with Gasteiger partial charge in [0.15, 0.2) is 5.78 Å². The van der Waals surface area contributed by atoms with Crippen molar-refractivity contribution in [3.05, 3.63) is 69.2 Å². The summed E-state index contributed by atoms with van der Waals surface area (Å²) in [5, 5.41) is 0.646. The van der Waals surface area contributed by atoms with Crippen molar-refractivity contribution in [1.82, 2.24) is 0 Å².